The molecule has 2 rings (SSSR count). The Labute approximate surface area is 128 Å². The topological polar surface area (TPSA) is 69.6 Å². The summed E-state index contributed by atoms with van der Waals surface area (Å²) in [7, 11) is 0. The molecule has 2 amide bonds. The summed E-state index contributed by atoms with van der Waals surface area (Å²) < 4.78 is -0.0545. The fourth-order valence-electron chi connectivity index (χ4n) is 2.27. The molecule has 1 atom stereocenters. The second-order valence-electron chi connectivity index (χ2n) is 5.68. The molecule has 6 heteroatoms. The molecule has 1 aromatic rings. The molecule has 0 fully saturated rings. The van der Waals surface area contributed by atoms with E-state index in [9.17, 15) is 14.7 Å². The van der Waals surface area contributed by atoms with Gasteiger partial charge in [0, 0.05) is 23.5 Å². The number of fused-ring (bicyclic) bond motifs is 1. The van der Waals surface area contributed by atoms with Crippen LogP contribution in [0.4, 0.5) is 10.5 Å². The Kier molecular flexibility index (Phi) is 4.46. The van der Waals surface area contributed by atoms with Crippen LogP contribution in [0.2, 0.25) is 0 Å². The number of anilines is 1. The number of thioether (sulfide) groups is 1. The molecule has 1 aliphatic heterocycles. The average molecular weight is 308 g/mol. The Morgan fingerprint density at radius 3 is 2.71 bits per heavy atom. The molecule has 2 N–H and O–H groups in total. The Morgan fingerprint density at radius 1 is 1.43 bits per heavy atom. The van der Waals surface area contributed by atoms with Gasteiger partial charge in [0.25, 0.3) is 0 Å². The van der Waals surface area contributed by atoms with Crippen LogP contribution < -0.4 is 10.2 Å². The van der Waals surface area contributed by atoms with Gasteiger partial charge in [-0.2, -0.15) is 11.8 Å². The summed E-state index contributed by atoms with van der Waals surface area (Å²) in [6.45, 7) is 4.81. The third kappa shape index (κ3) is 3.32. The average Bonchev–Trinajstić information content (AvgIpc) is 2.85. The number of carbonyl (C=O) groups excluding carboxylic acids is 1. The zero-order chi connectivity index (χ0) is 15.6. The van der Waals surface area contributed by atoms with E-state index in [4.69, 9.17) is 0 Å². The zero-order valence-corrected chi connectivity index (χ0v) is 13.2. The van der Waals surface area contributed by atoms with E-state index >= 15 is 0 Å². The van der Waals surface area contributed by atoms with E-state index in [2.05, 4.69) is 19.2 Å². The normalized spacial score (nSPS) is 17.5. The number of carboxylic acid groups (broad SMARTS) is 1. The van der Waals surface area contributed by atoms with Gasteiger partial charge in [0.15, 0.2) is 0 Å². The minimum absolute atomic E-state index is 0.0545. The first-order chi connectivity index (χ1) is 9.85. The first-order valence-electron chi connectivity index (χ1n) is 6.78. The van der Waals surface area contributed by atoms with Crippen molar-refractivity contribution >= 4 is 29.4 Å². The van der Waals surface area contributed by atoms with Gasteiger partial charge in [0.05, 0.1) is 0 Å². The first kappa shape index (κ1) is 15.7. The van der Waals surface area contributed by atoms with Crippen molar-refractivity contribution in [3.8, 4) is 0 Å². The SMILES string of the molecule is CSC(C)(C)CNC(=O)N1CC(C(=O)O)c2ccccc21. The van der Waals surface area contributed by atoms with Gasteiger partial charge in [-0.25, -0.2) is 4.79 Å². The van der Waals surface area contributed by atoms with E-state index < -0.39 is 11.9 Å². The first-order valence-corrected chi connectivity index (χ1v) is 8.00. The molecule has 1 heterocycles. The monoisotopic (exact) mass is 308 g/mol. The summed E-state index contributed by atoms with van der Waals surface area (Å²) in [5, 5.41) is 12.2. The van der Waals surface area contributed by atoms with Gasteiger partial charge in [-0.15, -0.1) is 0 Å². The van der Waals surface area contributed by atoms with Crippen LogP contribution in [0.25, 0.3) is 0 Å². The molecular weight excluding hydrogens is 288 g/mol. The summed E-state index contributed by atoms with van der Waals surface area (Å²) >= 11 is 1.68. The van der Waals surface area contributed by atoms with Crippen molar-refractivity contribution in [1.82, 2.24) is 5.32 Å². The van der Waals surface area contributed by atoms with E-state index in [0.29, 0.717) is 17.8 Å². The summed E-state index contributed by atoms with van der Waals surface area (Å²) in [6.07, 6.45) is 2.00. The molecule has 0 aromatic heterocycles. The molecule has 21 heavy (non-hydrogen) atoms. The molecule has 1 aliphatic rings. The van der Waals surface area contributed by atoms with Crippen LogP contribution >= 0.6 is 11.8 Å². The maximum absolute atomic E-state index is 12.4. The van der Waals surface area contributed by atoms with Gasteiger partial charge in [0.1, 0.15) is 5.92 Å². The molecule has 1 unspecified atom stereocenters. The van der Waals surface area contributed by atoms with Crippen molar-refractivity contribution in [3.05, 3.63) is 29.8 Å². The second kappa shape index (κ2) is 5.97. The number of nitrogens with one attached hydrogen (secondary N) is 1. The van der Waals surface area contributed by atoms with Crippen LogP contribution in [-0.4, -0.2) is 41.2 Å². The number of hydrogen-bond acceptors (Lipinski definition) is 3. The Balaban J connectivity index is 2.15. The van der Waals surface area contributed by atoms with Crippen LogP contribution in [0.1, 0.15) is 25.3 Å². The lowest BCUT2D eigenvalue weighted by atomic mass is 10.0. The molecule has 0 saturated carbocycles. The summed E-state index contributed by atoms with van der Waals surface area (Å²) in [5.41, 5.74) is 1.38. The highest BCUT2D eigenvalue weighted by molar-refractivity contribution is 7.99. The quantitative estimate of drug-likeness (QED) is 0.897. The number of carboxylic acids is 1. The second-order valence-corrected chi connectivity index (χ2v) is 7.20. The molecule has 0 saturated heterocycles. The number of benzene rings is 1. The molecule has 114 valence electrons. The lowest BCUT2D eigenvalue weighted by Gasteiger charge is -2.25. The Bertz CT molecular complexity index is 560. The predicted molar refractivity (Wildman–Crippen MR) is 85.2 cm³/mol. The van der Waals surface area contributed by atoms with E-state index in [1.807, 2.05) is 12.3 Å². The third-order valence-corrected chi connectivity index (χ3v) is 4.98. The highest BCUT2D eigenvalue weighted by Gasteiger charge is 2.36. The van der Waals surface area contributed by atoms with Crippen molar-refractivity contribution in [2.45, 2.75) is 24.5 Å². The van der Waals surface area contributed by atoms with Crippen molar-refractivity contribution < 1.29 is 14.7 Å². The van der Waals surface area contributed by atoms with Gasteiger partial charge >= 0.3 is 12.0 Å². The smallest absolute Gasteiger partial charge is 0.321 e. The lowest BCUT2D eigenvalue weighted by molar-refractivity contribution is -0.138. The van der Waals surface area contributed by atoms with Crippen LogP contribution in [0.3, 0.4) is 0 Å². The maximum atomic E-state index is 12.4. The van der Waals surface area contributed by atoms with Crippen LogP contribution in [0, 0.1) is 0 Å². The number of hydrogen-bond donors (Lipinski definition) is 2. The standard InChI is InChI=1S/C15H20N2O3S/c1-15(2,21-3)9-16-14(20)17-8-11(13(18)19)10-6-4-5-7-12(10)17/h4-7,11H,8-9H2,1-3H3,(H,16,20)(H,18,19). The Morgan fingerprint density at radius 2 is 2.10 bits per heavy atom. The van der Waals surface area contributed by atoms with Crippen LogP contribution in [0.15, 0.2) is 24.3 Å². The van der Waals surface area contributed by atoms with Gasteiger partial charge in [-0.05, 0) is 31.7 Å². The van der Waals surface area contributed by atoms with E-state index in [-0.39, 0.29) is 17.3 Å². The summed E-state index contributed by atoms with van der Waals surface area (Å²) in [4.78, 5) is 25.2. The highest BCUT2D eigenvalue weighted by atomic mass is 32.2. The number of carbonyl (C=O) groups is 2. The number of urea groups is 1. The van der Waals surface area contributed by atoms with Crippen molar-refractivity contribution in [2.75, 3.05) is 24.2 Å². The number of amides is 2. The van der Waals surface area contributed by atoms with Crippen LogP contribution in [-0.2, 0) is 4.79 Å². The van der Waals surface area contributed by atoms with Crippen molar-refractivity contribution in [2.24, 2.45) is 0 Å². The molecule has 0 spiro atoms. The number of para-hydroxylation sites is 1. The number of nitrogens with zero attached hydrogens (tertiary/aromatic N) is 1. The van der Waals surface area contributed by atoms with Crippen molar-refractivity contribution in [1.29, 1.82) is 0 Å². The van der Waals surface area contributed by atoms with Gasteiger partial charge in [-0.3, -0.25) is 9.69 Å². The lowest BCUT2D eigenvalue weighted by Crippen LogP contribution is -2.44. The molecule has 1 aromatic carbocycles. The fraction of sp³-hybridized carbons (Fsp3) is 0.467. The maximum Gasteiger partial charge on any atom is 0.321 e. The summed E-state index contributed by atoms with van der Waals surface area (Å²) in [6, 6.07) is 6.93. The molecule has 0 bridgehead atoms. The third-order valence-electron chi connectivity index (χ3n) is 3.73. The van der Waals surface area contributed by atoms with Gasteiger partial charge < -0.3 is 10.4 Å². The van der Waals surface area contributed by atoms with E-state index in [1.54, 1.807) is 30.0 Å². The van der Waals surface area contributed by atoms with Crippen molar-refractivity contribution in [3.63, 3.8) is 0 Å². The van der Waals surface area contributed by atoms with Gasteiger partial charge in [0.2, 0.25) is 0 Å². The molecule has 0 aliphatic carbocycles. The largest absolute Gasteiger partial charge is 0.481 e. The Hall–Kier alpha value is -1.69. The molecule has 0 radical (unpaired) electrons. The van der Waals surface area contributed by atoms with E-state index in [1.165, 1.54) is 4.90 Å². The van der Waals surface area contributed by atoms with E-state index in [0.717, 1.165) is 0 Å². The zero-order valence-electron chi connectivity index (χ0n) is 12.4. The number of rotatable bonds is 4. The minimum atomic E-state index is -0.901. The van der Waals surface area contributed by atoms with Gasteiger partial charge in [-0.1, -0.05) is 18.2 Å². The molecule has 5 nitrogen and oxygen atoms in total. The minimum Gasteiger partial charge on any atom is -0.481 e. The summed E-state index contributed by atoms with van der Waals surface area (Å²) in [5.74, 6) is -1.55. The fourth-order valence-corrected chi connectivity index (χ4v) is 2.48. The highest BCUT2D eigenvalue weighted by Crippen LogP contribution is 2.36. The molecular formula is C15H20N2O3S. The van der Waals surface area contributed by atoms with Crippen LogP contribution in [0.5, 0.6) is 0 Å². The number of aliphatic carboxylic acids is 1. The predicted octanol–water partition coefficient (Wildman–Crippen LogP) is 2.53.